The summed E-state index contributed by atoms with van der Waals surface area (Å²) >= 11 is 5.95. The molecule has 0 atom stereocenters. The Balaban J connectivity index is 1.99. The number of ether oxygens (including phenoxy) is 1. The van der Waals surface area contributed by atoms with Crippen molar-refractivity contribution in [2.45, 2.75) is 0 Å². The maximum absolute atomic E-state index is 12.2. The molecule has 23 heavy (non-hydrogen) atoms. The first-order chi connectivity index (χ1) is 11.1. The number of carbonyl (C=O) groups excluding carboxylic acids is 1. The van der Waals surface area contributed by atoms with Crippen LogP contribution in [0.1, 0.15) is 11.1 Å². The summed E-state index contributed by atoms with van der Waals surface area (Å²) < 4.78 is 5.09. The number of aliphatic hydroxyl groups excluding tert-OH is 1. The smallest absolute Gasteiger partial charge is 0.260 e. The van der Waals surface area contributed by atoms with E-state index in [4.69, 9.17) is 16.3 Å². The second kappa shape index (κ2) is 6.18. The lowest BCUT2D eigenvalue weighted by atomic mass is 10.0. The molecule has 2 N–H and O–H groups in total. The fourth-order valence-corrected chi connectivity index (χ4v) is 2.58. The minimum absolute atomic E-state index is 0.0832. The standard InChI is InChI=1S/C18H14ClNO3/c1-23-14-7-5-12(6-8-14)16-17(21)15(20-18(16)22)10-11-3-2-4-13(19)9-11/h2-10,21H,1H3,(H,20,22)/b15-10-. The van der Waals surface area contributed by atoms with E-state index in [0.29, 0.717) is 22.0 Å². The first-order valence-electron chi connectivity index (χ1n) is 6.95. The van der Waals surface area contributed by atoms with E-state index in [1.807, 2.05) is 6.07 Å². The van der Waals surface area contributed by atoms with Gasteiger partial charge in [0.05, 0.1) is 18.4 Å². The third-order valence-electron chi connectivity index (χ3n) is 3.51. The summed E-state index contributed by atoms with van der Waals surface area (Å²) in [5.41, 5.74) is 2.00. The highest BCUT2D eigenvalue weighted by atomic mass is 35.5. The zero-order valence-corrected chi connectivity index (χ0v) is 13.1. The Morgan fingerprint density at radius 1 is 1.17 bits per heavy atom. The molecule has 2 aromatic carbocycles. The van der Waals surface area contributed by atoms with Crippen LogP contribution < -0.4 is 10.1 Å². The second-order valence-electron chi connectivity index (χ2n) is 5.02. The second-order valence-corrected chi connectivity index (χ2v) is 5.46. The first kappa shape index (κ1) is 15.2. The Morgan fingerprint density at radius 2 is 1.91 bits per heavy atom. The number of hydrogen-bond donors (Lipinski definition) is 2. The van der Waals surface area contributed by atoms with E-state index in [1.165, 1.54) is 0 Å². The van der Waals surface area contributed by atoms with Gasteiger partial charge in [0.15, 0.2) is 5.76 Å². The Bertz CT molecular complexity index is 822. The van der Waals surface area contributed by atoms with E-state index in [0.717, 1.165) is 5.56 Å². The molecular weight excluding hydrogens is 314 g/mol. The molecule has 0 fully saturated rings. The fraction of sp³-hybridized carbons (Fsp3) is 0.0556. The van der Waals surface area contributed by atoms with Gasteiger partial charge in [-0.25, -0.2) is 0 Å². The molecular formula is C18H14ClNO3. The number of nitrogens with one attached hydrogen (secondary N) is 1. The molecule has 0 bridgehead atoms. The number of methoxy groups -OCH3 is 1. The van der Waals surface area contributed by atoms with Crippen LogP contribution in [0.2, 0.25) is 5.02 Å². The molecule has 3 rings (SSSR count). The van der Waals surface area contributed by atoms with Gasteiger partial charge in [0.1, 0.15) is 5.75 Å². The Morgan fingerprint density at radius 3 is 2.57 bits per heavy atom. The highest BCUT2D eigenvalue weighted by Gasteiger charge is 2.28. The van der Waals surface area contributed by atoms with Gasteiger partial charge in [-0.3, -0.25) is 4.79 Å². The molecule has 5 heteroatoms. The van der Waals surface area contributed by atoms with Gasteiger partial charge < -0.3 is 15.2 Å². The topological polar surface area (TPSA) is 58.6 Å². The predicted octanol–water partition coefficient (Wildman–Crippen LogP) is 3.79. The van der Waals surface area contributed by atoms with Crippen LogP contribution in [-0.2, 0) is 4.79 Å². The molecule has 1 heterocycles. The summed E-state index contributed by atoms with van der Waals surface area (Å²) in [4.78, 5) is 12.2. The number of rotatable bonds is 3. The van der Waals surface area contributed by atoms with E-state index < -0.39 is 0 Å². The van der Waals surface area contributed by atoms with E-state index >= 15 is 0 Å². The molecule has 0 saturated heterocycles. The van der Waals surface area contributed by atoms with Crippen molar-refractivity contribution >= 4 is 29.2 Å². The van der Waals surface area contributed by atoms with Crippen molar-refractivity contribution in [2.24, 2.45) is 0 Å². The van der Waals surface area contributed by atoms with Gasteiger partial charge >= 0.3 is 0 Å². The summed E-state index contributed by atoms with van der Waals surface area (Å²) in [6, 6.07) is 14.1. The van der Waals surface area contributed by atoms with Gasteiger partial charge in [-0.2, -0.15) is 0 Å². The highest BCUT2D eigenvalue weighted by molar-refractivity contribution is 6.30. The van der Waals surface area contributed by atoms with Crippen LogP contribution in [0.3, 0.4) is 0 Å². The normalized spacial score (nSPS) is 15.9. The zero-order chi connectivity index (χ0) is 16.4. The average Bonchev–Trinajstić information content (AvgIpc) is 2.81. The number of halogens is 1. The number of benzene rings is 2. The molecule has 1 aliphatic heterocycles. The third-order valence-corrected chi connectivity index (χ3v) is 3.74. The average molecular weight is 328 g/mol. The fourth-order valence-electron chi connectivity index (χ4n) is 2.38. The Kier molecular flexibility index (Phi) is 4.08. The van der Waals surface area contributed by atoms with E-state index in [1.54, 1.807) is 55.7 Å². The maximum Gasteiger partial charge on any atom is 0.260 e. The van der Waals surface area contributed by atoms with Gasteiger partial charge in [0.2, 0.25) is 0 Å². The summed E-state index contributed by atoms with van der Waals surface area (Å²) in [7, 11) is 1.57. The monoisotopic (exact) mass is 327 g/mol. The molecule has 0 radical (unpaired) electrons. The van der Waals surface area contributed by atoms with Crippen molar-refractivity contribution in [1.82, 2.24) is 5.32 Å². The van der Waals surface area contributed by atoms with Gasteiger partial charge in [-0.1, -0.05) is 35.9 Å². The van der Waals surface area contributed by atoms with Crippen molar-refractivity contribution in [1.29, 1.82) is 0 Å². The lowest BCUT2D eigenvalue weighted by Gasteiger charge is -2.03. The van der Waals surface area contributed by atoms with Crippen molar-refractivity contribution in [2.75, 3.05) is 7.11 Å². The van der Waals surface area contributed by atoms with Gasteiger partial charge in [0, 0.05) is 5.02 Å². The van der Waals surface area contributed by atoms with E-state index in [-0.39, 0.29) is 17.2 Å². The molecule has 0 spiro atoms. The van der Waals surface area contributed by atoms with Crippen LogP contribution in [0.5, 0.6) is 5.75 Å². The van der Waals surface area contributed by atoms with Crippen molar-refractivity contribution in [3.05, 3.63) is 76.1 Å². The van der Waals surface area contributed by atoms with Crippen LogP contribution >= 0.6 is 11.6 Å². The Hall–Kier alpha value is -2.72. The quantitative estimate of drug-likeness (QED) is 0.901. The maximum atomic E-state index is 12.2. The number of aliphatic hydroxyl groups is 1. The number of amides is 1. The third kappa shape index (κ3) is 3.07. The Labute approximate surface area is 138 Å². The summed E-state index contributed by atoms with van der Waals surface area (Å²) in [5, 5.41) is 13.7. The lowest BCUT2D eigenvalue weighted by Crippen LogP contribution is -2.15. The first-order valence-corrected chi connectivity index (χ1v) is 7.33. The molecule has 0 unspecified atom stereocenters. The van der Waals surface area contributed by atoms with E-state index in [9.17, 15) is 9.90 Å². The molecule has 0 aliphatic carbocycles. The number of hydrogen-bond acceptors (Lipinski definition) is 3. The van der Waals surface area contributed by atoms with Gasteiger partial charge in [-0.15, -0.1) is 0 Å². The van der Waals surface area contributed by atoms with Crippen molar-refractivity contribution in [3.63, 3.8) is 0 Å². The predicted molar refractivity (Wildman–Crippen MR) is 90.1 cm³/mol. The lowest BCUT2D eigenvalue weighted by molar-refractivity contribution is -0.114. The van der Waals surface area contributed by atoms with Gasteiger partial charge in [0.25, 0.3) is 5.91 Å². The minimum atomic E-state index is -0.346. The summed E-state index contributed by atoms with van der Waals surface area (Å²) in [5.74, 6) is 0.253. The SMILES string of the molecule is COc1ccc(C2=C(O)/C(=C/c3cccc(Cl)c3)NC2=O)cc1. The van der Waals surface area contributed by atoms with Crippen LogP contribution in [0.15, 0.2) is 60.0 Å². The highest BCUT2D eigenvalue weighted by Crippen LogP contribution is 2.29. The largest absolute Gasteiger partial charge is 0.505 e. The molecule has 116 valence electrons. The van der Waals surface area contributed by atoms with Crippen LogP contribution in [0.25, 0.3) is 11.6 Å². The molecule has 1 aliphatic rings. The van der Waals surface area contributed by atoms with Crippen LogP contribution in [0, 0.1) is 0 Å². The molecule has 2 aromatic rings. The molecule has 4 nitrogen and oxygen atoms in total. The number of carbonyl (C=O) groups is 1. The van der Waals surface area contributed by atoms with Crippen LogP contribution in [-0.4, -0.2) is 18.1 Å². The summed E-state index contributed by atoms with van der Waals surface area (Å²) in [6.07, 6.45) is 1.68. The van der Waals surface area contributed by atoms with Crippen molar-refractivity contribution < 1.29 is 14.6 Å². The van der Waals surface area contributed by atoms with Crippen LogP contribution in [0.4, 0.5) is 0 Å². The summed E-state index contributed by atoms with van der Waals surface area (Å²) in [6.45, 7) is 0. The van der Waals surface area contributed by atoms with Gasteiger partial charge in [-0.05, 0) is 41.5 Å². The zero-order valence-electron chi connectivity index (χ0n) is 12.3. The van der Waals surface area contributed by atoms with E-state index in [2.05, 4.69) is 5.32 Å². The minimum Gasteiger partial charge on any atom is -0.505 e. The molecule has 0 aromatic heterocycles. The molecule has 1 amide bonds. The molecule has 0 saturated carbocycles. The van der Waals surface area contributed by atoms with Crippen molar-refractivity contribution in [3.8, 4) is 5.75 Å².